The molecule has 0 unspecified atom stereocenters. The van der Waals surface area contributed by atoms with Gasteiger partial charge in [0, 0.05) is 16.8 Å². The molecular formula is C16H13BrClFN2. The van der Waals surface area contributed by atoms with Gasteiger partial charge in [-0.05, 0) is 52.7 Å². The summed E-state index contributed by atoms with van der Waals surface area (Å²) in [6.07, 6.45) is 0.652. The molecule has 0 N–H and O–H groups in total. The van der Waals surface area contributed by atoms with Crippen molar-refractivity contribution in [2.75, 3.05) is 5.88 Å². The van der Waals surface area contributed by atoms with Crippen LogP contribution in [-0.4, -0.2) is 15.4 Å². The van der Waals surface area contributed by atoms with Crippen LogP contribution in [0.2, 0.25) is 0 Å². The van der Waals surface area contributed by atoms with Gasteiger partial charge in [-0.15, -0.1) is 11.6 Å². The zero-order valence-electron chi connectivity index (χ0n) is 11.4. The fourth-order valence-electron chi connectivity index (χ4n) is 2.52. The standard InChI is InChI=1S/C16H13BrClFN2/c1-10-3-2-4-13-16(10)21(15(20-13)7-8-18)14-6-5-11(19)9-12(14)17/h2-6,9H,7-8H2,1H3. The van der Waals surface area contributed by atoms with E-state index in [-0.39, 0.29) is 5.82 Å². The number of aryl methyl sites for hydroxylation is 2. The van der Waals surface area contributed by atoms with Gasteiger partial charge in [0.1, 0.15) is 11.6 Å². The van der Waals surface area contributed by atoms with Gasteiger partial charge in [0.05, 0.1) is 16.7 Å². The Morgan fingerprint density at radius 2 is 2.10 bits per heavy atom. The summed E-state index contributed by atoms with van der Waals surface area (Å²) in [6, 6.07) is 10.7. The van der Waals surface area contributed by atoms with Crippen molar-refractivity contribution in [1.82, 2.24) is 9.55 Å². The molecule has 3 aromatic rings. The highest BCUT2D eigenvalue weighted by Gasteiger charge is 2.16. The number of alkyl halides is 1. The molecule has 0 bridgehead atoms. The number of rotatable bonds is 3. The molecule has 108 valence electrons. The fourth-order valence-corrected chi connectivity index (χ4v) is 3.21. The third kappa shape index (κ3) is 2.58. The van der Waals surface area contributed by atoms with Crippen molar-refractivity contribution in [3.63, 3.8) is 0 Å². The third-order valence-corrected chi connectivity index (χ3v) is 4.24. The zero-order chi connectivity index (χ0) is 15.0. The van der Waals surface area contributed by atoms with E-state index in [0.717, 1.165) is 28.1 Å². The maximum Gasteiger partial charge on any atom is 0.124 e. The lowest BCUT2D eigenvalue weighted by Gasteiger charge is -2.12. The summed E-state index contributed by atoms with van der Waals surface area (Å²) in [4.78, 5) is 4.67. The minimum atomic E-state index is -0.273. The van der Waals surface area contributed by atoms with Gasteiger partial charge in [0.15, 0.2) is 0 Å². The molecule has 2 nitrogen and oxygen atoms in total. The van der Waals surface area contributed by atoms with Gasteiger partial charge < -0.3 is 0 Å². The average Bonchev–Trinajstić information content (AvgIpc) is 2.79. The van der Waals surface area contributed by atoms with Gasteiger partial charge in [-0.25, -0.2) is 9.37 Å². The Kier molecular flexibility index (Phi) is 4.00. The van der Waals surface area contributed by atoms with E-state index in [1.807, 2.05) is 25.1 Å². The molecule has 0 saturated heterocycles. The molecule has 0 aliphatic rings. The Morgan fingerprint density at radius 3 is 2.81 bits per heavy atom. The summed E-state index contributed by atoms with van der Waals surface area (Å²) in [5.41, 5.74) is 3.95. The summed E-state index contributed by atoms with van der Waals surface area (Å²) >= 11 is 9.35. The highest BCUT2D eigenvalue weighted by Crippen LogP contribution is 2.29. The number of imidazole rings is 1. The van der Waals surface area contributed by atoms with E-state index in [9.17, 15) is 4.39 Å². The second kappa shape index (κ2) is 5.78. The fraction of sp³-hybridized carbons (Fsp3) is 0.188. The Balaban J connectivity index is 2.35. The first-order chi connectivity index (χ1) is 10.1. The molecule has 0 spiro atoms. The number of benzene rings is 2. The maximum atomic E-state index is 13.4. The molecule has 2 aromatic carbocycles. The van der Waals surface area contributed by atoms with Crippen LogP contribution in [0, 0.1) is 12.7 Å². The first-order valence-electron chi connectivity index (χ1n) is 6.60. The Labute approximate surface area is 135 Å². The van der Waals surface area contributed by atoms with Crippen LogP contribution in [-0.2, 0) is 6.42 Å². The summed E-state index contributed by atoms with van der Waals surface area (Å²) in [7, 11) is 0. The maximum absolute atomic E-state index is 13.4. The summed E-state index contributed by atoms with van der Waals surface area (Å²) in [5.74, 6) is 1.09. The number of aromatic nitrogens is 2. The molecule has 0 saturated carbocycles. The number of fused-ring (bicyclic) bond motifs is 1. The van der Waals surface area contributed by atoms with Crippen molar-refractivity contribution >= 4 is 38.6 Å². The van der Waals surface area contributed by atoms with Crippen molar-refractivity contribution < 1.29 is 4.39 Å². The normalized spacial score (nSPS) is 11.2. The van der Waals surface area contributed by atoms with Gasteiger partial charge in [0.25, 0.3) is 0 Å². The lowest BCUT2D eigenvalue weighted by molar-refractivity contribution is 0.626. The number of hydrogen-bond donors (Lipinski definition) is 0. The van der Waals surface area contributed by atoms with Crippen LogP contribution >= 0.6 is 27.5 Å². The van der Waals surface area contributed by atoms with Crippen LogP contribution in [0.15, 0.2) is 40.9 Å². The molecular weight excluding hydrogens is 355 g/mol. The largest absolute Gasteiger partial charge is 0.295 e. The predicted molar refractivity (Wildman–Crippen MR) is 87.9 cm³/mol. The number of hydrogen-bond acceptors (Lipinski definition) is 1. The minimum absolute atomic E-state index is 0.273. The lowest BCUT2D eigenvalue weighted by atomic mass is 10.2. The van der Waals surface area contributed by atoms with Crippen LogP contribution in [0.5, 0.6) is 0 Å². The van der Waals surface area contributed by atoms with Crippen LogP contribution < -0.4 is 0 Å². The molecule has 1 aromatic heterocycles. The first-order valence-corrected chi connectivity index (χ1v) is 7.93. The van der Waals surface area contributed by atoms with Crippen molar-refractivity contribution in [2.45, 2.75) is 13.3 Å². The Hall–Kier alpha value is -1.39. The molecule has 0 aliphatic carbocycles. The Morgan fingerprint density at radius 1 is 1.29 bits per heavy atom. The number of para-hydroxylation sites is 1. The molecule has 0 amide bonds. The molecule has 1 heterocycles. The highest BCUT2D eigenvalue weighted by atomic mass is 79.9. The molecule has 3 rings (SSSR count). The van der Waals surface area contributed by atoms with Crippen LogP contribution in [0.25, 0.3) is 16.7 Å². The second-order valence-corrected chi connectivity index (χ2v) is 6.07. The summed E-state index contributed by atoms with van der Waals surface area (Å²) in [6.45, 7) is 2.04. The topological polar surface area (TPSA) is 17.8 Å². The first kappa shape index (κ1) is 14.5. The van der Waals surface area contributed by atoms with Gasteiger partial charge in [0.2, 0.25) is 0 Å². The monoisotopic (exact) mass is 366 g/mol. The molecule has 21 heavy (non-hydrogen) atoms. The molecule has 0 atom stereocenters. The molecule has 0 radical (unpaired) electrons. The van der Waals surface area contributed by atoms with E-state index >= 15 is 0 Å². The second-order valence-electron chi connectivity index (χ2n) is 4.84. The minimum Gasteiger partial charge on any atom is -0.295 e. The van der Waals surface area contributed by atoms with Gasteiger partial charge >= 0.3 is 0 Å². The summed E-state index contributed by atoms with van der Waals surface area (Å²) < 4.78 is 16.1. The number of nitrogens with zero attached hydrogens (tertiary/aromatic N) is 2. The smallest absolute Gasteiger partial charge is 0.124 e. The van der Waals surface area contributed by atoms with Gasteiger partial charge in [-0.2, -0.15) is 0 Å². The van der Waals surface area contributed by atoms with Crippen LogP contribution in [0.1, 0.15) is 11.4 Å². The quantitative estimate of drug-likeness (QED) is 0.595. The van der Waals surface area contributed by atoms with Crippen molar-refractivity contribution in [2.24, 2.45) is 0 Å². The molecule has 0 fully saturated rings. The van der Waals surface area contributed by atoms with Crippen LogP contribution in [0.3, 0.4) is 0 Å². The average molecular weight is 368 g/mol. The van der Waals surface area contributed by atoms with E-state index in [2.05, 4.69) is 25.5 Å². The predicted octanol–water partition coefficient (Wildman–Crippen LogP) is 5.02. The van der Waals surface area contributed by atoms with Crippen molar-refractivity contribution in [3.05, 3.63) is 58.1 Å². The highest BCUT2D eigenvalue weighted by molar-refractivity contribution is 9.10. The SMILES string of the molecule is Cc1cccc2nc(CCCl)n(-c3ccc(F)cc3Br)c12. The zero-order valence-corrected chi connectivity index (χ0v) is 13.7. The van der Waals surface area contributed by atoms with Crippen LogP contribution in [0.4, 0.5) is 4.39 Å². The van der Waals surface area contributed by atoms with Crippen molar-refractivity contribution in [1.29, 1.82) is 0 Å². The lowest BCUT2D eigenvalue weighted by Crippen LogP contribution is -2.04. The molecule has 0 aliphatic heterocycles. The summed E-state index contributed by atoms with van der Waals surface area (Å²) in [5, 5.41) is 0. The molecule has 5 heteroatoms. The van der Waals surface area contributed by atoms with E-state index < -0.39 is 0 Å². The van der Waals surface area contributed by atoms with E-state index in [1.165, 1.54) is 12.1 Å². The van der Waals surface area contributed by atoms with E-state index in [4.69, 9.17) is 11.6 Å². The van der Waals surface area contributed by atoms with Gasteiger partial charge in [-0.1, -0.05) is 12.1 Å². The van der Waals surface area contributed by atoms with E-state index in [0.29, 0.717) is 16.8 Å². The number of halogens is 3. The van der Waals surface area contributed by atoms with Gasteiger partial charge in [-0.3, -0.25) is 4.57 Å². The Bertz CT molecular complexity index is 813. The third-order valence-electron chi connectivity index (χ3n) is 3.42. The van der Waals surface area contributed by atoms with Crippen molar-refractivity contribution in [3.8, 4) is 5.69 Å². The van der Waals surface area contributed by atoms with E-state index in [1.54, 1.807) is 6.07 Å².